The number of halogens is 1. The van der Waals surface area contributed by atoms with E-state index in [-0.39, 0.29) is 0 Å². The highest BCUT2D eigenvalue weighted by Gasteiger charge is 2.11. The molecule has 0 aromatic carbocycles. The molecule has 2 rings (SSSR count). The Hall–Kier alpha value is -1.17. The Morgan fingerprint density at radius 2 is 2.14 bits per heavy atom. The SMILES string of the molecule is CC(C)n1cnc2c(N)nc(Br)nc21. The van der Waals surface area contributed by atoms with E-state index in [9.17, 15) is 0 Å². The van der Waals surface area contributed by atoms with Crippen molar-refractivity contribution in [3.63, 3.8) is 0 Å². The maximum atomic E-state index is 5.71. The molecule has 0 fully saturated rings. The topological polar surface area (TPSA) is 69.6 Å². The first-order valence-corrected chi connectivity index (χ1v) is 5.04. The van der Waals surface area contributed by atoms with Crippen molar-refractivity contribution in [1.82, 2.24) is 19.5 Å². The van der Waals surface area contributed by atoms with E-state index in [0.29, 0.717) is 22.1 Å². The number of nitrogens with zero attached hydrogens (tertiary/aromatic N) is 4. The summed E-state index contributed by atoms with van der Waals surface area (Å²) >= 11 is 3.21. The minimum absolute atomic E-state index is 0.307. The highest BCUT2D eigenvalue weighted by molar-refractivity contribution is 9.10. The van der Waals surface area contributed by atoms with Crippen LogP contribution in [0.5, 0.6) is 0 Å². The first-order valence-electron chi connectivity index (χ1n) is 4.25. The summed E-state index contributed by atoms with van der Waals surface area (Å²) < 4.78 is 2.45. The van der Waals surface area contributed by atoms with Crippen LogP contribution in [-0.4, -0.2) is 19.5 Å². The van der Waals surface area contributed by atoms with Gasteiger partial charge in [0.2, 0.25) is 4.73 Å². The van der Waals surface area contributed by atoms with Crippen LogP contribution in [0.4, 0.5) is 5.82 Å². The number of fused-ring (bicyclic) bond motifs is 1. The summed E-state index contributed by atoms with van der Waals surface area (Å²) in [6, 6.07) is 0.307. The number of nitrogens with two attached hydrogens (primary N) is 1. The maximum Gasteiger partial charge on any atom is 0.200 e. The molecule has 6 heteroatoms. The van der Waals surface area contributed by atoms with Gasteiger partial charge in [0.1, 0.15) is 5.52 Å². The maximum absolute atomic E-state index is 5.71. The van der Waals surface area contributed by atoms with Crippen LogP contribution in [0.1, 0.15) is 19.9 Å². The van der Waals surface area contributed by atoms with Crippen molar-refractivity contribution in [2.75, 3.05) is 5.73 Å². The third-order valence-electron chi connectivity index (χ3n) is 1.98. The van der Waals surface area contributed by atoms with Gasteiger partial charge >= 0.3 is 0 Å². The quantitative estimate of drug-likeness (QED) is 0.789. The van der Waals surface area contributed by atoms with Crippen molar-refractivity contribution in [1.29, 1.82) is 0 Å². The van der Waals surface area contributed by atoms with E-state index in [1.807, 2.05) is 4.57 Å². The first kappa shape index (κ1) is 9.39. The molecule has 74 valence electrons. The lowest BCUT2D eigenvalue weighted by Gasteiger charge is -2.06. The fourth-order valence-corrected chi connectivity index (χ4v) is 1.65. The Bertz CT molecular complexity index is 476. The molecule has 0 spiro atoms. The second-order valence-electron chi connectivity index (χ2n) is 3.30. The monoisotopic (exact) mass is 255 g/mol. The van der Waals surface area contributed by atoms with Crippen molar-refractivity contribution in [3.05, 3.63) is 11.1 Å². The fraction of sp³-hybridized carbons (Fsp3) is 0.375. The van der Waals surface area contributed by atoms with Gasteiger partial charge in [-0.1, -0.05) is 0 Å². The Kier molecular flexibility index (Phi) is 2.14. The number of imidazole rings is 1. The summed E-state index contributed by atoms with van der Waals surface area (Å²) in [7, 11) is 0. The molecule has 0 aliphatic heterocycles. The van der Waals surface area contributed by atoms with Crippen LogP contribution in [0.25, 0.3) is 11.2 Å². The molecule has 2 heterocycles. The summed E-state index contributed by atoms with van der Waals surface area (Å²) in [5, 5.41) is 0. The Morgan fingerprint density at radius 1 is 1.43 bits per heavy atom. The van der Waals surface area contributed by atoms with Crippen LogP contribution in [0.2, 0.25) is 0 Å². The van der Waals surface area contributed by atoms with Gasteiger partial charge in [-0.15, -0.1) is 0 Å². The second-order valence-corrected chi connectivity index (χ2v) is 4.00. The molecule has 0 aliphatic rings. The minimum atomic E-state index is 0.307. The highest BCUT2D eigenvalue weighted by Crippen LogP contribution is 2.20. The lowest BCUT2D eigenvalue weighted by Crippen LogP contribution is -2.01. The number of nitrogen functional groups attached to an aromatic ring is 1. The van der Waals surface area contributed by atoms with Crippen LogP contribution in [-0.2, 0) is 0 Å². The van der Waals surface area contributed by atoms with E-state index >= 15 is 0 Å². The first-order chi connectivity index (χ1) is 6.59. The molecule has 0 amide bonds. The summed E-state index contributed by atoms with van der Waals surface area (Å²) in [5.41, 5.74) is 7.13. The van der Waals surface area contributed by atoms with Crippen molar-refractivity contribution in [3.8, 4) is 0 Å². The van der Waals surface area contributed by atoms with Gasteiger partial charge in [-0.3, -0.25) is 0 Å². The average Bonchev–Trinajstić information content (AvgIpc) is 2.47. The largest absolute Gasteiger partial charge is 0.382 e. The molecule has 0 aliphatic carbocycles. The van der Waals surface area contributed by atoms with Crippen LogP contribution in [0, 0.1) is 0 Å². The number of hydrogen-bond donors (Lipinski definition) is 1. The molecule has 0 atom stereocenters. The van der Waals surface area contributed by atoms with Crippen molar-refractivity contribution in [2.24, 2.45) is 0 Å². The van der Waals surface area contributed by atoms with Gasteiger partial charge in [-0.05, 0) is 29.8 Å². The van der Waals surface area contributed by atoms with E-state index in [1.165, 1.54) is 0 Å². The highest BCUT2D eigenvalue weighted by atomic mass is 79.9. The minimum Gasteiger partial charge on any atom is -0.382 e. The normalized spacial score (nSPS) is 11.4. The molecule has 2 aromatic heterocycles. The molecule has 0 radical (unpaired) electrons. The number of anilines is 1. The molecule has 2 N–H and O–H groups in total. The summed E-state index contributed by atoms with van der Waals surface area (Å²) in [4.78, 5) is 12.4. The van der Waals surface area contributed by atoms with Crippen LogP contribution >= 0.6 is 15.9 Å². The van der Waals surface area contributed by atoms with Gasteiger partial charge < -0.3 is 10.3 Å². The van der Waals surface area contributed by atoms with Gasteiger partial charge in [0.25, 0.3) is 0 Å². The van der Waals surface area contributed by atoms with E-state index in [1.54, 1.807) is 6.33 Å². The molecule has 0 unspecified atom stereocenters. The van der Waals surface area contributed by atoms with Gasteiger partial charge in [0.15, 0.2) is 11.5 Å². The van der Waals surface area contributed by atoms with Crippen LogP contribution in [0.15, 0.2) is 11.1 Å². The van der Waals surface area contributed by atoms with Gasteiger partial charge in [0, 0.05) is 6.04 Å². The lowest BCUT2D eigenvalue weighted by atomic mass is 10.4. The van der Waals surface area contributed by atoms with Gasteiger partial charge in [0.05, 0.1) is 6.33 Å². The Morgan fingerprint density at radius 3 is 2.79 bits per heavy atom. The third-order valence-corrected chi connectivity index (χ3v) is 2.33. The standard InChI is InChI=1S/C8H10BrN5/c1-4(2)14-3-11-5-6(10)12-8(9)13-7(5)14/h3-4H,1-2H3,(H2,10,12,13). The number of rotatable bonds is 1. The molecule has 5 nitrogen and oxygen atoms in total. The van der Waals surface area contributed by atoms with Crippen molar-refractivity contribution in [2.45, 2.75) is 19.9 Å². The lowest BCUT2D eigenvalue weighted by molar-refractivity contribution is 0.612. The second kappa shape index (κ2) is 3.20. The molecule has 0 saturated heterocycles. The van der Waals surface area contributed by atoms with Crippen molar-refractivity contribution >= 4 is 32.9 Å². The molecule has 0 saturated carbocycles. The molecule has 14 heavy (non-hydrogen) atoms. The fourth-order valence-electron chi connectivity index (χ4n) is 1.29. The Balaban J connectivity index is 2.78. The van der Waals surface area contributed by atoms with Crippen molar-refractivity contribution < 1.29 is 0 Å². The predicted molar refractivity (Wildman–Crippen MR) is 57.8 cm³/mol. The summed E-state index contributed by atoms with van der Waals surface area (Å²) in [6.45, 7) is 4.13. The van der Waals surface area contributed by atoms with Crippen LogP contribution < -0.4 is 5.73 Å². The predicted octanol–water partition coefficient (Wildman–Crippen LogP) is 1.75. The zero-order valence-electron chi connectivity index (χ0n) is 7.90. The summed E-state index contributed by atoms with van der Waals surface area (Å²) in [5.74, 6) is 0.404. The molecule has 2 aromatic rings. The average molecular weight is 256 g/mol. The zero-order chi connectivity index (χ0) is 10.3. The molecule has 0 bridgehead atoms. The Labute approximate surface area is 89.5 Å². The van der Waals surface area contributed by atoms with Gasteiger partial charge in [-0.25, -0.2) is 15.0 Å². The number of hydrogen-bond acceptors (Lipinski definition) is 4. The molecular weight excluding hydrogens is 246 g/mol. The van der Waals surface area contributed by atoms with Crippen LogP contribution in [0.3, 0.4) is 0 Å². The van der Waals surface area contributed by atoms with E-state index in [0.717, 1.165) is 5.65 Å². The smallest absolute Gasteiger partial charge is 0.200 e. The van der Waals surface area contributed by atoms with E-state index < -0.39 is 0 Å². The van der Waals surface area contributed by atoms with Gasteiger partial charge in [-0.2, -0.15) is 0 Å². The number of aromatic nitrogens is 4. The summed E-state index contributed by atoms with van der Waals surface area (Å²) in [6.07, 6.45) is 1.73. The zero-order valence-corrected chi connectivity index (χ0v) is 9.48. The third kappa shape index (κ3) is 1.35. The van der Waals surface area contributed by atoms with E-state index in [4.69, 9.17) is 5.73 Å². The van der Waals surface area contributed by atoms with E-state index in [2.05, 4.69) is 44.7 Å². The molecular formula is C8H10BrN5.